The fraction of sp³-hybridized carbons (Fsp3) is 0.167. The van der Waals surface area contributed by atoms with Crippen molar-refractivity contribution in [2.45, 2.75) is 12.3 Å². The van der Waals surface area contributed by atoms with Crippen LogP contribution in [-0.4, -0.2) is 0 Å². The highest BCUT2D eigenvalue weighted by Gasteiger charge is 2.15. The number of rotatable bonds is 2. The monoisotopic (exact) mass is 378 g/mol. The van der Waals surface area contributed by atoms with Crippen LogP contribution in [0.2, 0.25) is 0 Å². The number of hydrogen-bond donors (Lipinski definition) is 0. The van der Waals surface area contributed by atoms with Gasteiger partial charge >= 0.3 is 0 Å². The minimum absolute atomic E-state index is 0.0822. The first-order valence-electron chi connectivity index (χ1n) is 4.72. The van der Waals surface area contributed by atoms with Crippen LogP contribution in [0.3, 0.4) is 0 Å². The summed E-state index contributed by atoms with van der Waals surface area (Å²) in [7, 11) is 0. The van der Waals surface area contributed by atoms with Crippen LogP contribution >= 0.6 is 54.8 Å². The second-order valence-corrected chi connectivity index (χ2v) is 6.60. The number of hydrogen-bond acceptors (Lipinski definition) is 1. The zero-order valence-electron chi connectivity index (χ0n) is 8.51. The van der Waals surface area contributed by atoms with Gasteiger partial charge in [0.2, 0.25) is 0 Å². The van der Waals surface area contributed by atoms with E-state index in [2.05, 4.69) is 50.9 Å². The summed E-state index contributed by atoms with van der Waals surface area (Å²) in [6, 6.07) is 8.25. The van der Waals surface area contributed by atoms with E-state index in [1.54, 1.807) is 11.3 Å². The average Bonchev–Trinajstić information content (AvgIpc) is 2.67. The number of benzene rings is 1. The third kappa shape index (κ3) is 2.53. The van der Waals surface area contributed by atoms with Gasteiger partial charge in [-0.1, -0.05) is 28.1 Å². The lowest BCUT2D eigenvalue weighted by Crippen LogP contribution is -1.92. The first-order valence-corrected chi connectivity index (χ1v) is 7.63. The van der Waals surface area contributed by atoms with Crippen molar-refractivity contribution in [1.82, 2.24) is 0 Å². The van der Waals surface area contributed by atoms with Crippen LogP contribution in [0.15, 0.2) is 38.6 Å². The molecule has 0 aliphatic carbocycles. The van der Waals surface area contributed by atoms with Gasteiger partial charge in [-0.05, 0) is 51.5 Å². The largest absolute Gasteiger partial charge is 0.146 e. The van der Waals surface area contributed by atoms with E-state index in [1.807, 2.05) is 17.5 Å². The minimum atomic E-state index is -0.0822. The molecule has 0 N–H and O–H groups in total. The zero-order chi connectivity index (χ0) is 11.7. The first kappa shape index (κ1) is 12.6. The van der Waals surface area contributed by atoms with Crippen LogP contribution in [0.25, 0.3) is 0 Å². The summed E-state index contributed by atoms with van der Waals surface area (Å²) in [5, 5.41) is 1.96. The zero-order valence-corrected chi connectivity index (χ0v) is 13.3. The smallest absolute Gasteiger partial charge is 0.0939 e. The van der Waals surface area contributed by atoms with Gasteiger partial charge in [0, 0.05) is 13.8 Å². The van der Waals surface area contributed by atoms with E-state index in [0.717, 1.165) is 19.4 Å². The Morgan fingerprint density at radius 1 is 1.19 bits per heavy atom. The fourth-order valence-electron chi connectivity index (χ4n) is 1.46. The molecule has 2 aromatic rings. The highest BCUT2D eigenvalue weighted by Crippen LogP contribution is 2.38. The van der Waals surface area contributed by atoms with Crippen LogP contribution in [0.1, 0.15) is 21.4 Å². The van der Waals surface area contributed by atoms with Crippen molar-refractivity contribution in [3.05, 3.63) is 54.6 Å². The molecule has 1 atom stereocenters. The molecule has 4 heteroatoms. The fourth-order valence-corrected chi connectivity index (χ4v) is 3.85. The summed E-state index contributed by atoms with van der Waals surface area (Å²) in [5.41, 5.74) is 2.33. The Balaban J connectivity index is 2.38. The summed E-state index contributed by atoms with van der Waals surface area (Å²) in [6.07, 6.45) is 0. The van der Waals surface area contributed by atoms with E-state index in [4.69, 9.17) is 11.6 Å². The van der Waals surface area contributed by atoms with E-state index in [-0.39, 0.29) is 5.38 Å². The van der Waals surface area contributed by atoms with Gasteiger partial charge in [-0.2, -0.15) is 0 Å². The van der Waals surface area contributed by atoms with E-state index >= 15 is 0 Å². The van der Waals surface area contributed by atoms with Gasteiger partial charge in [0.25, 0.3) is 0 Å². The lowest BCUT2D eigenvalue weighted by atomic mass is 10.1. The first-order chi connectivity index (χ1) is 7.59. The van der Waals surface area contributed by atoms with Gasteiger partial charge in [0.15, 0.2) is 0 Å². The number of thiophene rings is 1. The summed E-state index contributed by atoms with van der Waals surface area (Å²) in [5.74, 6) is 0. The maximum absolute atomic E-state index is 6.47. The summed E-state index contributed by atoms with van der Waals surface area (Å²) in [4.78, 5) is 1.16. The van der Waals surface area contributed by atoms with Crippen molar-refractivity contribution < 1.29 is 0 Å². The van der Waals surface area contributed by atoms with Gasteiger partial charge in [-0.3, -0.25) is 0 Å². The van der Waals surface area contributed by atoms with Crippen molar-refractivity contribution >= 4 is 54.8 Å². The summed E-state index contributed by atoms with van der Waals surface area (Å²) in [6.45, 7) is 2.07. The molecule has 0 bridgehead atoms. The normalized spacial score (nSPS) is 12.8. The Kier molecular flexibility index (Phi) is 4.11. The Labute approximate surface area is 121 Å². The van der Waals surface area contributed by atoms with E-state index in [0.29, 0.717) is 0 Å². The molecule has 16 heavy (non-hydrogen) atoms. The number of halogens is 3. The molecule has 84 valence electrons. The van der Waals surface area contributed by atoms with Crippen molar-refractivity contribution in [2.24, 2.45) is 0 Å². The maximum atomic E-state index is 6.47. The molecule has 0 fully saturated rings. The minimum Gasteiger partial charge on any atom is -0.146 e. The molecule has 0 saturated carbocycles. The third-order valence-electron chi connectivity index (χ3n) is 2.35. The second kappa shape index (κ2) is 5.21. The highest BCUT2D eigenvalue weighted by atomic mass is 79.9. The van der Waals surface area contributed by atoms with E-state index in [9.17, 15) is 0 Å². The van der Waals surface area contributed by atoms with Crippen LogP contribution in [0, 0.1) is 6.92 Å². The number of aryl methyl sites for hydroxylation is 1. The van der Waals surface area contributed by atoms with Gasteiger partial charge in [-0.25, -0.2) is 0 Å². The Hall–Kier alpha value is 0.170. The molecule has 0 radical (unpaired) electrons. The molecule has 0 aliphatic rings. The van der Waals surface area contributed by atoms with E-state index in [1.165, 1.54) is 5.56 Å². The van der Waals surface area contributed by atoms with Gasteiger partial charge in [0.05, 0.1) is 5.38 Å². The standard InChI is InChI=1S/C12H9Br2ClS/c1-7-6-8(2-3-9(7)13)11(15)12-10(14)4-5-16-12/h2-6,11H,1H3. The molecule has 2 rings (SSSR count). The predicted octanol–water partition coefficient (Wildman–Crippen LogP) is 5.91. The quantitative estimate of drug-likeness (QED) is 0.568. The van der Waals surface area contributed by atoms with E-state index < -0.39 is 0 Å². The molecule has 1 heterocycles. The topological polar surface area (TPSA) is 0 Å². The van der Waals surface area contributed by atoms with Crippen molar-refractivity contribution in [3.8, 4) is 0 Å². The molecule has 0 spiro atoms. The molecule has 0 amide bonds. The van der Waals surface area contributed by atoms with Crippen molar-refractivity contribution in [3.63, 3.8) is 0 Å². The van der Waals surface area contributed by atoms with Crippen LogP contribution < -0.4 is 0 Å². The lowest BCUT2D eigenvalue weighted by Gasteiger charge is -2.10. The SMILES string of the molecule is Cc1cc(C(Cl)c2sccc2Br)ccc1Br. The molecule has 0 saturated heterocycles. The second-order valence-electron chi connectivity index (χ2n) is 3.50. The molecular weight excluding hydrogens is 371 g/mol. The Morgan fingerprint density at radius 3 is 2.50 bits per heavy atom. The molecule has 0 nitrogen and oxygen atoms in total. The predicted molar refractivity (Wildman–Crippen MR) is 78.6 cm³/mol. The van der Waals surface area contributed by atoms with Crippen molar-refractivity contribution in [2.75, 3.05) is 0 Å². The Morgan fingerprint density at radius 2 is 1.94 bits per heavy atom. The lowest BCUT2D eigenvalue weighted by molar-refractivity contribution is 1.16. The number of alkyl halides is 1. The average molecular weight is 381 g/mol. The maximum Gasteiger partial charge on any atom is 0.0939 e. The summed E-state index contributed by atoms with van der Waals surface area (Å²) >= 11 is 15.1. The van der Waals surface area contributed by atoms with Crippen LogP contribution in [0.4, 0.5) is 0 Å². The van der Waals surface area contributed by atoms with Crippen LogP contribution in [0.5, 0.6) is 0 Å². The molecule has 1 unspecified atom stereocenters. The molecular formula is C12H9Br2ClS. The Bertz CT molecular complexity index is 507. The molecule has 0 aliphatic heterocycles. The third-order valence-corrected chi connectivity index (χ3v) is 5.77. The van der Waals surface area contributed by atoms with Crippen molar-refractivity contribution in [1.29, 1.82) is 0 Å². The van der Waals surface area contributed by atoms with Gasteiger partial charge < -0.3 is 0 Å². The van der Waals surface area contributed by atoms with Gasteiger partial charge in [0.1, 0.15) is 0 Å². The highest BCUT2D eigenvalue weighted by molar-refractivity contribution is 9.10. The molecule has 1 aromatic carbocycles. The van der Waals surface area contributed by atoms with Gasteiger partial charge in [-0.15, -0.1) is 22.9 Å². The molecule has 1 aromatic heterocycles. The van der Waals surface area contributed by atoms with Crippen LogP contribution in [-0.2, 0) is 0 Å². The summed E-state index contributed by atoms with van der Waals surface area (Å²) < 4.78 is 2.20.